The molecule has 0 aromatic heterocycles. The molecule has 66 valence electrons. The molecule has 0 saturated heterocycles. The summed E-state index contributed by atoms with van der Waals surface area (Å²) in [6.07, 6.45) is 1.37. The summed E-state index contributed by atoms with van der Waals surface area (Å²) in [6.45, 7) is 2.56. The Labute approximate surface area is 67.0 Å². The van der Waals surface area contributed by atoms with Crippen LogP contribution in [0.25, 0.3) is 0 Å². The fourth-order valence-electron chi connectivity index (χ4n) is 0.812. The third-order valence-corrected chi connectivity index (χ3v) is 1.60. The molecule has 0 aromatic rings. The molecule has 4 heteroatoms. The van der Waals surface area contributed by atoms with Crippen molar-refractivity contribution in [2.45, 2.75) is 19.8 Å². The topological polar surface area (TPSA) is 64.4 Å². The summed E-state index contributed by atoms with van der Waals surface area (Å²) in [5, 5.41) is 0. The van der Waals surface area contributed by atoms with E-state index in [-0.39, 0.29) is 11.8 Å². The SMILES string of the molecule is CCC(CN)CC(=O)NOC. The van der Waals surface area contributed by atoms with Crippen LogP contribution in [0.5, 0.6) is 0 Å². The smallest absolute Gasteiger partial charge is 0.243 e. The average molecular weight is 160 g/mol. The minimum atomic E-state index is -0.107. The Morgan fingerprint density at radius 1 is 1.73 bits per heavy atom. The van der Waals surface area contributed by atoms with Gasteiger partial charge in [0, 0.05) is 6.42 Å². The van der Waals surface area contributed by atoms with Crippen molar-refractivity contribution in [2.24, 2.45) is 11.7 Å². The van der Waals surface area contributed by atoms with Crippen LogP contribution in [0.4, 0.5) is 0 Å². The van der Waals surface area contributed by atoms with Crippen LogP contribution in [-0.4, -0.2) is 19.6 Å². The summed E-state index contributed by atoms with van der Waals surface area (Å²) >= 11 is 0. The maximum absolute atomic E-state index is 10.9. The Balaban J connectivity index is 3.54. The average Bonchev–Trinajstić information content (AvgIpc) is 2.01. The molecular weight excluding hydrogens is 144 g/mol. The van der Waals surface area contributed by atoms with Crippen LogP contribution in [0, 0.1) is 5.92 Å². The van der Waals surface area contributed by atoms with Gasteiger partial charge in [-0.1, -0.05) is 13.3 Å². The molecule has 11 heavy (non-hydrogen) atoms. The van der Waals surface area contributed by atoms with E-state index in [2.05, 4.69) is 10.3 Å². The highest BCUT2D eigenvalue weighted by Gasteiger charge is 2.09. The molecule has 1 atom stereocenters. The normalized spacial score (nSPS) is 12.6. The van der Waals surface area contributed by atoms with E-state index in [0.717, 1.165) is 6.42 Å². The monoisotopic (exact) mass is 160 g/mol. The van der Waals surface area contributed by atoms with Gasteiger partial charge in [-0.05, 0) is 12.5 Å². The van der Waals surface area contributed by atoms with Crippen molar-refractivity contribution in [3.63, 3.8) is 0 Å². The number of amides is 1. The van der Waals surface area contributed by atoms with Crippen LogP contribution in [0.2, 0.25) is 0 Å². The zero-order valence-corrected chi connectivity index (χ0v) is 7.09. The molecule has 0 aliphatic heterocycles. The van der Waals surface area contributed by atoms with Gasteiger partial charge in [0.2, 0.25) is 5.91 Å². The predicted octanol–water partition coefficient (Wildman–Crippen LogP) is 0.0390. The van der Waals surface area contributed by atoms with Crippen LogP contribution >= 0.6 is 0 Å². The fraction of sp³-hybridized carbons (Fsp3) is 0.857. The standard InChI is InChI=1S/C7H16N2O2/c1-3-6(5-8)4-7(10)9-11-2/h6H,3-5,8H2,1-2H3,(H,9,10). The largest absolute Gasteiger partial charge is 0.330 e. The van der Waals surface area contributed by atoms with Crippen molar-refractivity contribution < 1.29 is 9.63 Å². The lowest BCUT2D eigenvalue weighted by Crippen LogP contribution is -2.27. The molecule has 0 aromatic carbocycles. The highest BCUT2D eigenvalue weighted by molar-refractivity contribution is 5.74. The van der Waals surface area contributed by atoms with Gasteiger partial charge in [0.25, 0.3) is 0 Å². The van der Waals surface area contributed by atoms with Crippen molar-refractivity contribution in [1.29, 1.82) is 0 Å². The summed E-state index contributed by atoms with van der Waals surface area (Å²) in [5.41, 5.74) is 7.66. The summed E-state index contributed by atoms with van der Waals surface area (Å²) in [6, 6.07) is 0. The second kappa shape index (κ2) is 6.12. The Bertz CT molecular complexity index is 113. The first-order valence-corrected chi connectivity index (χ1v) is 3.76. The third kappa shape index (κ3) is 4.75. The number of hydroxylamine groups is 1. The summed E-state index contributed by atoms with van der Waals surface area (Å²) < 4.78 is 0. The number of nitrogens with two attached hydrogens (primary N) is 1. The lowest BCUT2D eigenvalue weighted by atomic mass is 10.0. The van der Waals surface area contributed by atoms with Crippen molar-refractivity contribution in [3.05, 3.63) is 0 Å². The van der Waals surface area contributed by atoms with Crippen LogP contribution in [0.15, 0.2) is 0 Å². The van der Waals surface area contributed by atoms with Crippen LogP contribution in [-0.2, 0) is 9.63 Å². The Morgan fingerprint density at radius 3 is 2.73 bits per heavy atom. The molecule has 1 unspecified atom stereocenters. The van der Waals surface area contributed by atoms with Gasteiger partial charge in [0.15, 0.2) is 0 Å². The van der Waals surface area contributed by atoms with Gasteiger partial charge < -0.3 is 5.73 Å². The number of nitrogens with one attached hydrogen (secondary N) is 1. The lowest BCUT2D eigenvalue weighted by Gasteiger charge is -2.10. The Morgan fingerprint density at radius 2 is 2.36 bits per heavy atom. The summed E-state index contributed by atoms with van der Waals surface area (Å²) in [4.78, 5) is 15.3. The van der Waals surface area contributed by atoms with Gasteiger partial charge >= 0.3 is 0 Å². The molecule has 0 aliphatic rings. The second-order valence-electron chi connectivity index (χ2n) is 2.44. The molecule has 1 amide bonds. The maximum Gasteiger partial charge on any atom is 0.243 e. The van der Waals surface area contributed by atoms with Gasteiger partial charge in [-0.25, -0.2) is 5.48 Å². The lowest BCUT2D eigenvalue weighted by molar-refractivity contribution is -0.132. The molecule has 0 aliphatic carbocycles. The van der Waals surface area contributed by atoms with Gasteiger partial charge in [-0.15, -0.1) is 0 Å². The van der Waals surface area contributed by atoms with Crippen molar-refractivity contribution in [3.8, 4) is 0 Å². The fourth-order valence-corrected chi connectivity index (χ4v) is 0.812. The first-order chi connectivity index (χ1) is 5.24. The van der Waals surface area contributed by atoms with Crippen LogP contribution < -0.4 is 11.2 Å². The van der Waals surface area contributed by atoms with E-state index in [1.165, 1.54) is 7.11 Å². The van der Waals surface area contributed by atoms with Crippen molar-refractivity contribution in [2.75, 3.05) is 13.7 Å². The zero-order chi connectivity index (χ0) is 8.69. The van der Waals surface area contributed by atoms with Gasteiger partial charge in [0.1, 0.15) is 0 Å². The molecule has 0 radical (unpaired) electrons. The molecule has 4 nitrogen and oxygen atoms in total. The van der Waals surface area contributed by atoms with E-state index in [0.29, 0.717) is 13.0 Å². The number of rotatable bonds is 5. The first kappa shape index (κ1) is 10.4. The Hall–Kier alpha value is -0.610. The minimum Gasteiger partial charge on any atom is -0.330 e. The van der Waals surface area contributed by atoms with Crippen LogP contribution in [0.1, 0.15) is 19.8 Å². The van der Waals surface area contributed by atoms with Crippen molar-refractivity contribution >= 4 is 5.91 Å². The van der Waals surface area contributed by atoms with Gasteiger partial charge in [-0.3, -0.25) is 9.63 Å². The maximum atomic E-state index is 10.9. The van der Waals surface area contributed by atoms with Gasteiger partial charge in [-0.2, -0.15) is 0 Å². The van der Waals surface area contributed by atoms with Crippen LogP contribution in [0.3, 0.4) is 0 Å². The Kier molecular flexibility index (Phi) is 5.78. The highest BCUT2D eigenvalue weighted by Crippen LogP contribution is 2.04. The van der Waals surface area contributed by atoms with E-state index < -0.39 is 0 Å². The van der Waals surface area contributed by atoms with E-state index in [9.17, 15) is 4.79 Å². The molecule has 0 saturated carbocycles. The predicted molar refractivity (Wildman–Crippen MR) is 42.6 cm³/mol. The quantitative estimate of drug-likeness (QED) is 0.558. The second-order valence-corrected chi connectivity index (χ2v) is 2.44. The summed E-state index contributed by atoms with van der Waals surface area (Å²) in [5.74, 6) is 0.162. The number of carbonyl (C=O) groups is 1. The molecule has 0 bridgehead atoms. The number of carbonyl (C=O) groups excluding carboxylic acids is 1. The summed E-state index contributed by atoms with van der Waals surface area (Å²) in [7, 11) is 1.42. The molecule has 0 rings (SSSR count). The van der Waals surface area contributed by atoms with E-state index in [4.69, 9.17) is 5.73 Å². The number of hydrogen-bond acceptors (Lipinski definition) is 3. The zero-order valence-electron chi connectivity index (χ0n) is 7.09. The van der Waals surface area contributed by atoms with Gasteiger partial charge in [0.05, 0.1) is 7.11 Å². The number of hydrogen-bond donors (Lipinski definition) is 2. The first-order valence-electron chi connectivity index (χ1n) is 3.76. The third-order valence-electron chi connectivity index (χ3n) is 1.60. The molecule has 0 spiro atoms. The van der Waals surface area contributed by atoms with E-state index >= 15 is 0 Å². The minimum absolute atomic E-state index is 0.107. The highest BCUT2D eigenvalue weighted by atomic mass is 16.6. The molecular formula is C7H16N2O2. The molecule has 0 heterocycles. The molecule has 0 fully saturated rings. The van der Waals surface area contributed by atoms with E-state index in [1.54, 1.807) is 0 Å². The molecule has 3 N–H and O–H groups in total. The van der Waals surface area contributed by atoms with E-state index in [1.807, 2.05) is 6.92 Å². The van der Waals surface area contributed by atoms with Crippen molar-refractivity contribution in [1.82, 2.24) is 5.48 Å².